The third-order valence-electron chi connectivity index (χ3n) is 3.45. The van der Waals surface area contributed by atoms with Gasteiger partial charge in [0.15, 0.2) is 5.69 Å². The zero-order valence-corrected chi connectivity index (χ0v) is 10.9. The van der Waals surface area contributed by atoms with Crippen LogP contribution < -0.4 is 5.32 Å². The normalized spacial score (nSPS) is 22.4. The van der Waals surface area contributed by atoms with E-state index in [9.17, 15) is 9.59 Å². The second-order valence-corrected chi connectivity index (χ2v) is 5.19. The van der Waals surface area contributed by atoms with E-state index < -0.39 is 5.97 Å². The van der Waals surface area contributed by atoms with Crippen LogP contribution in [0.4, 0.5) is 0 Å². The fourth-order valence-corrected chi connectivity index (χ4v) is 2.45. The Morgan fingerprint density at radius 2 is 2.32 bits per heavy atom. The lowest BCUT2D eigenvalue weighted by molar-refractivity contribution is -0.122. The highest BCUT2D eigenvalue weighted by Crippen LogP contribution is 2.29. The van der Waals surface area contributed by atoms with Gasteiger partial charge < -0.3 is 10.4 Å². The second kappa shape index (κ2) is 5.81. The molecule has 1 fully saturated rings. The van der Waals surface area contributed by atoms with Crippen LogP contribution in [0.25, 0.3) is 0 Å². The number of aromatic carboxylic acids is 1. The Kier molecular flexibility index (Phi) is 4.13. The van der Waals surface area contributed by atoms with Gasteiger partial charge in [-0.1, -0.05) is 18.6 Å². The smallest absolute Gasteiger partial charge is 0.358 e. The molecule has 1 aromatic rings. The summed E-state index contributed by atoms with van der Waals surface area (Å²) in [4.78, 5) is 22.3. The zero-order valence-electron chi connectivity index (χ0n) is 10.9. The third-order valence-corrected chi connectivity index (χ3v) is 3.45. The second-order valence-electron chi connectivity index (χ2n) is 5.19. The van der Waals surface area contributed by atoms with Gasteiger partial charge >= 0.3 is 5.97 Å². The first-order chi connectivity index (χ1) is 9.04. The average Bonchev–Trinajstić information content (AvgIpc) is 2.96. The summed E-state index contributed by atoms with van der Waals surface area (Å²) in [6.07, 6.45) is 4.80. The Bertz CT molecular complexity index is 471. The maximum Gasteiger partial charge on any atom is 0.358 e. The number of nitrogens with one attached hydrogen (secondary N) is 1. The topological polar surface area (TPSA) is 97.1 Å². The van der Waals surface area contributed by atoms with Gasteiger partial charge in [0.25, 0.3) is 0 Å². The maximum atomic E-state index is 11.7. The number of carbonyl (C=O) groups is 2. The summed E-state index contributed by atoms with van der Waals surface area (Å²) in [5, 5.41) is 18.6. The van der Waals surface area contributed by atoms with Crippen LogP contribution in [0.3, 0.4) is 0 Å². The first-order valence-corrected chi connectivity index (χ1v) is 6.44. The monoisotopic (exact) mass is 266 g/mol. The highest BCUT2D eigenvalue weighted by molar-refractivity contribution is 5.84. The third kappa shape index (κ3) is 3.77. The highest BCUT2D eigenvalue weighted by Gasteiger charge is 2.21. The van der Waals surface area contributed by atoms with Gasteiger partial charge in [0.2, 0.25) is 5.91 Å². The standard InChI is InChI=1S/C12H18N4O3/c1-8-2-3-9(4-8)5-13-11(17)7-16-6-10(12(18)19)14-15-16/h6,8-9H,2-5,7H2,1H3,(H,13,17)(H,18,19). The van der Waals surface area contributed by atoms with Gasteiger partial charge in [-0.25, -0.2) is 9.48 Å². The molecule has 1 heterocycles. The van der Waals surface area contributed by atoms with Crippen LogP contribution in [0.15, 0.2) is 6.20 Å². The van der Waals surface area contributed by atoms with Crippen molar-refractivity contribution in [1.29, 1.82) is 0 Å². The highest BCUT2D eigenvalue weighted by atomic mass is 16.4. The van der Waals surface area contributed by atoms with Crippen molar-refractivity contribution in [2.45, 2.75) is 32.7 Å². The largest absolute Gasteiger partial charge is 0.476 e. The molecule has 0 aliphatic heterocycles. The Morgan fingerprint density at radius 1 is 1.53 bits per heavy atom. The van der Waals surface area contributed by atoms with Crippen molar-refractivity contribution in [2.75, 3.05) is 6.54 Å². The van der Waals surface area contributed by atoms with Gasteiger partial charge in [-0.3, -0.25) is 4.79 Å². The van der Waals surface area contributed by atoms with Crippen molar-refractivity contribution in [2.24, 2.45) is 11.8 Å². The van der Waals surface area contributed by atoms with Gasteiger partial charge in [0.05, 0.1) is 6.20 Å². The predicted molar refractivity (Wildman–Crippen MR) is 66.5 cm³/mol. The van der Waals surface area contributed by atoms with Gasteiger partial charge in [0.1, 0.15) is 6.54 Å². The van der Waals surface area contributed by atoms with Crippen LogP contribution >= 0.6 is 0 Å². The summed E-state index contributed by atoms with van der Waals surface area (Å²) < 4.78 is 1.23. The lowest BCUT2D eigenvalue weighted by Gasteiger charge is -2.10. The summed E-state index contributed by atoms with van der Waals surface area (Å²) in [5.41, 5.74) is -0.155. The van der Waals surface area contributed by atoms with E-state index in [1.807, 2.05) is 0 Å². The first kappa shape index (κ1) is 13.5. The molecule has 1 amide bonds. The first-order valence-electron chi connectivity index (χ1n) is 6.44. The Labute approximate surface area is 111 Å². The van der Waals surface area contributed by atoms with Crippen LogP contribution in [-0.2, 0) is 11.3 Å². The van der Waals surface area contributed by atoms with E-state index in [4.69, 9.17) is 5.11 Å². The fraction of sp³-hybridized carbons (Fsp3) is 0.667. The molecule has 0 bridgehead atoms. The van der Waals surface area contributed by atoms with Crippen molar-refractivity contribution in [1.82, 2.24) is 20.3 Å². The molecular formula is C12H18N4O3. The van der Waals surface area contributed by atoms with E-state index in [1.165, 1.54) is 17.3 Å². The zero-order chi connectivity index (χ0) is 13.8. The molecule has 1 aromatic heterocycles. The maximum absolute atomic E-state index is 11.7. The lowest BCUT2D eigenvalue weighted by atomic mass is 10.1. The Hall–Kier alpha value is -1.92. The molecule has 2 rings (SSSR count). The average molecular weight is 266 g/mol. The summed E-state index contributed by atoms with van der Waals surface area (Å²) in [5.74, 6) is -0.00684. The quantitative estimate of drug-likeness (QED) is 0.810. The number of carboxylic acid groups (broad SMARTS) is 1. The number of nitrogens with zero attached hydrogens (tertiary/aromatic N) is 3. The van der Waals surface area contributed by atoms with E-state index in [1.54, 1.807) is 0 Å². The van der Waals surface area contributed by atoms with Crippen LogP contribution in [0.1, 0.15) is 36.7 Å². The van der Waals surface area contributed by atoms with Crippen LogP contribution in [0.5, 0.6) is 0 Å². The van der Waals surface area contributed by atoms with Crippen LogP contribution in [0, 0.1) is 11.8 Å². The molecule has 19 heavy (non-hydrogen) atoms. The number of hydrogen-bond acceptors (Lipinski definition) is 4. The van der Waals surface area contributed by atoms with Crippen LogP contribution in [-0.4, -0.2) is 38.5 Å². The Balaban J connectivity index is 1.76. The predicted octanol–water partition coefficient (Wildman–Crippen LogP) is 0.529. The molecule has 2 unspecified atom stereocenters. The van der Waals surface area contributed by atoms with Crippen molar-refractivity contribution in [3.63, 3.8) is 0 Å². The summed E-state index contributed by atoms with van der Waals surface area (Å²) in [6.45, 7) is 2.91. The SMILES string of the molecule is CC1CCC(CNC(=O)Cn2cc(C(=O)O)nn2)C1. The van der Waals surface area contributed by atoms with E-state index in [0.717, 1.165) is 18.8 Å². The fourth-order valence-electron chi connectivity index (χ4n) is 2.45. The van der Waals surface area contributed by atoms with Crippen molar-refractivity contribution >= 4 is 11.9 Å². The molecule has 2 atom stereocenters. The van der Waals surface area contributed by atoms with E-state index in [-0.39, 0.29) is 18.1 Å². The lowest BCUT2D eigenvalue weighted by Crippen LogP contribution is -2.31. The molecule has 104 valence electrons. The molecule has 2 N–H and O–H groups in total. The molecule has 1 aliphatic rings. The summed E-state index contributed by atoms with van der Waals surface area (Å²) >= 11 is 0. The molecular weight excluding hydrogens is 248 g/mol. The van der Waals surface area contributed by atoms with Gasteiger partial charge in [-0.05, 0) is 24.7 Å². The van der Waals surface area contributed by atoms with Crippen molar-refractivity contribution in [3.05, 3.63) is 11.9 Å². The molecule has 0 spiro atoms. The summed E-state index contributed by atoms with van der Waals surface area (Å²) in [7, 11) is 0. The van der Waals surface area contributed by atoms with Crippen LogP contribution in [0.2, 0.25) is 0 Å². The minimum Gasteiger partial charge on any atom is -0.476 e. The number of carbonyl (C=O) groups excluding carboxylic acids is 1. The molecule has 0 saturated heterocycles. The molecule has 0 radical (unpaired) electrons. The Morgan fingerprint density at radius 3 is 2.89 bits per heavy atom. The minimum atomic E-state index is -1.15. The molecule has 1 saturated carbocycles. The molecule has 0 aromatic carbocycles. The molecule has 7 nitrogen and oxygen atoms in total. The number of hydrogen-bond donors (Lipinski definition) is 2. The van der Waals surface area contributed by atoms with Gasteiger partial charge in [-0.2, -0.15) is 0 Å². The van der Waals surface area contributed by atoms with Crippen molar-refractivity contribution < 1.29 is 14.7 Å². The number of rotatable bonds is 5. The van der Waals surface area contributed by atoms with Gasteiger partial charge in [0, 0.05) is 6.54 Å². The molecule has 7 heteroatoms. The number of amides is 1. The van der Waals surface area contributed by atoms with E-state index in [0.29, 0.717) is 12.5 Å². The number of carboxylic acids is 1. The minimum absolute atomic E-state index is 0.00253. The number of aromatic nitrogens is 3. The van der Waals surface area contributed by atoms with E-state index in [2.05, 4.69) is 22.6 Å². The summed E-state index contributed by atoms with van der Waals surface area (Å²) in [6, 6.07) is 0. The van der Waals surface area contributed by atoms with E-state index >= 15 is 0 Å². The van der Waals surface area contributed by atoms with Crippen molar-refractivity contribution in [3.8, 4) is 0 Å². The van der Waals surface area contributed by atoms with Gasteiger partial charge in [-0.15, -0.1) is 5.10 Å². The molecule has 1 aliphatic carbocycles.